The highest BCUT2D eigenvalue weighted by molar-refractivity contribution is 5.78. The summed E-state index contributed by atoms with van der Waals surface area (Å²) in [5.41, 5.74) is 0.977. The third kappa shape index (κ3) is 1.95. The topological polar surface area (TPSA) is 40.5 Å². The summed E-state index contributed by atoms with van der Waals surface area (Å²) in [5, 5.41) is 9.13. The Hall–Kier alpha value is -1.35. The molecule has 3 rings (SSSR count). The molecule has 1 aromatic carbocycles. The first-order chi connectivity index (χ1) is 8.20. The van der Waals surface area contributed by atoms with Crippen LogP contribution in [-0.4, -0.2) is 35.6 Å². The average molecular weight is 231 g/mol. The molecule has 1 N–H and O–H groups in total. The van der Waals surface area contributed by atoms with E-state index in [9.17, 15) is 4.79 Å². The Morgan fingerprint density at radius 3 is 2.47 bits per heavy atom. The Bertz CT molecular complexity index is 419. The van der Waals surface area contributed by atoms with Crippen molar-refractivity contribution in [2.75, 3.05) is 19.6 Å². The van der Waals surface area contributed by atoms with E-state index in [1.54, 1.807) is 0 Å². The van der Waals surface area contributed by atoms with Gasteiger partial charge < -0.3 is 10.0 Å². The minimum absolute atomic E-state index is 0.401. The molecule has 17 heavy (non-hydrogen) atoms. The summed E-state index contributed by atoms with van der Waals surface area (Å²) in [4.78, 5) is 13.4. The first-order valence-corrected chi connectivity index (χ1v) is 6.20. The molecule has 0 unspecified atom stereocenters. The number of nitrogens with zero attached hydrogens (tertiary/aromatic N) is 1. The number of hydrogen-bond donors (Lipinski definition) is 1. The normalized spacial score (nSPS) is 23.1. The van der Waals surface area contributed by atoms with Crippen LogP contribution in [0.5, 0.6) is 0 Å². The lowest BCUT2D eigenvalue weighted by Crippen LogP contribution is -2.48. The zero-order chi connectivity index (χ0) is 11.9. The lowest BCUT2D eigenvalue weighted by Gasteiger charge is -2.41. The second-order valence-electron chi connectivity index (χ2n) is 5.39. The molecule has 1 saturated heterocycles. The van der Waals surface area contributed by atoms with E-state index in [1.807, 2.05) is 6.07 Å². The van der Waals surface area contributed by atoms with Gasteiger partial charge in [0.05, 0.1) is 5.41 Å². The maximum atomic E-state index is 11.1. The van der Waals surface area contributed by atoms with Crippen molar-refractivity contribution in [3.8, 4) is 0 Å². The standard InChI is InChI=1S/C14H17NO2/c16-13(17)14(6-7-14)10-15-8-12(9-15)11-4-2-1-3-5-11/h1-5,12H,6-10H2,(H,16,17). The average Bonchev–Trinajstić information content (AvgIpc) is 3.05. The zero-order valence-corrected chi connectivity index (χ0v) is 9.80. The van der Waals surface area contributed by atoms with Gasteiger partial charge in [-0.3, -0.25) is 4.79 Å². The summed E-state index contributed by atoms with van der Waals surface area (Å²) < 4.78 is 0. The number of hydrogen-bond acceptors (Lipinski definition) is 2. The van der Waals surface area contributed by atoms with Gasteiger partial charge in [-0.05, 0) is 18.4 Å². The van der Waals surface area contributed by atoms with Crippen molar-refractivity contribution in [3.63, 3.8) is 0 Å². The molecule has 2 fully saturated rings. The molecule has 90 valence electrons. The smallest absolute Gasteiger partial charge is 0.310 e. The van der Waals surface area contributed by atoms with E-state index in [0.29, 0.717) is 5.92 Å². The molecule has 0 amide bonds. The summed E-state index contributed by atoms with van der Waals surface area (Å²) in [6.45, 7) is 2.77. The van der Waals surface area contributed by atoms with Crippen molar-refractivity contribution in [1.82, 2.24) is 4.90 Å². The highest BCUT2D eigenvalue weighted by atomic mass is 16.4. The summed E-state index contributed by atoms with van der Waals surface area (Å²) in [5.74, 6) is -0.0125. The molecule has 0 bridgehead atoms. The van der Waals surface area contributed by atoms with Crippen LogP contribution in [0.15, 0.2) is 30.3 Å². The van der Waals surface area contributed by atoms with Crippen molar-refractivity contribution in [2.24, 2.45) is 5.41 Å². The van der Waals surface area contributed by atoms with Gasteiger partial charge in [0.1, 0.15) is 0 Å². The van der Waals surface area contributed by atoms with E-state index in [2.05, 4.69) is 29.2 Å². The zero-order valence-electron chi connectivity index (χ0n) is 9.80. The SMILES string of the molecule is O=C(O)C1(CN2CC(c3ccccc3)C2)CC1. The van der Waals surface area contributed by atoms with Crippen molar-refractivity contribution in [2.45, 2.75) is 18.8 Å². The third-order valence-corrected chi connectivity index (χ3v) is 4.06. The van der Waals surface area contributed by atoms with Crippen LogP contribution in [0.3, 0.4) is 0 Å². The summed E-state index contributed by atoms with van der Waals surface area (Å²) >= 11 is 0. The van der Waals surface area contributed by atoms with Crippen LogP contribution in [0.2, 0.25) is 0 Å². The van der Waals surface area contributed by atoms with Gasteiger partial charge in [0.25, 0.3) is 0 Å². The van der Waals surface area contributed by atoms with E-state index in [4.69, 9.17) is 5.11 Å². The molecule has 0 aromatic heterocycles. The molecular weight excluding hydrogens is 214 g/mol. The minimum atomic E-state index is -0.610. The molecule has 3 nitrogen and oxygen atoms in total. The molecule has 2 aliphatic rings. The number of aliphatic carboxylic acids is 1. The molecule has 1 aromatic rings. The lowest BCUT2D eigenvalue weighted by molar-refractivity contribution is -0.144. The van der Waals surface area contributed by atoms with Crippen LogP contribution in [0.1, 0.15) is 24.3 Å². The van der Waals surface area contributed by atoms with Gasteiger partial charge in [0, 0.05) is 25.6 Å². The van der Waals surface area contributed by atoms with Gasteiger partial charge >= 0.3 is 5.97 Å². The first kappa shape index (κ1) is 10.8. The number of likely N-dealkylation sites (tertiary alicyclic amines) is 1. The van der Waals surface area contributed by atoms with Gasteiger partial charge in [-0.15, -0.1) is 0 Å². The van der Waals surface area contributed by atoms with Crippen molar-refractivity contribution >= 4 is 5.97 Å². The van der Waals surface area contributed by atoms with Crippen molar-refractivity contribution in [3.05, 3.63) is 35.9 Å². The van der Waals surface area contributed by atoms with Gasteiger partial charge in [-0.1, -0.05) is 30.3 Å². The number of carboxylic acid groups (broad SMARTS) is 1. The Labute approximate surface area is 101 Å². The van der Waals surface area contributed by atoms with E-state index >= 15 is 0 Å². The van der Waals surface area contributed by atoms with Crippen LogP contribution in [-0.2, 0) is 4.79 Å². The van der Waals surface area contributed by atoms with Crippen LogP contribution >= 0.6 is 0 Å². The molecule has 1 aliphatic carbocycles. The maximum absolute atomic E-state index is 11.1. The molecule has 1 heterocycles. The van der Waals surface area contributed by atoms with Crippen LogP contribution < -0.4 is 0 Å². The largest absolute Gasteiger partial charge is 0.481 e. The van der Waals surface area contributed by atoms with Gasteiger partial charge in [-0.25, -0.2) is 0 Å². The highest BCUT2D eigenvalue weighted by Gasteiger charge is 2.52. The molecular formula is C14H17NO2. The predicted molar refractivity (Wildman–Crippen MR) is 64.9 cm³/mol. The van der Waals surface area contributed by atoms with Crippen molar-refractivity contribution in [1.29, 1.82) is 0 Å². The fourth-order valence-electron chi connectivity index (χ4n) is 2.65. The number of carbonyl (C=O) groups is 1. The fourth-order valence-corrected chi connectivity index (χ4v) is 2.65. The number of benzene rings is 1. The summed E-state index contributed by atoms with van der Waals surface area (Å²) in [6.07, 6.45) is 1.71. The summed E-state index contributed by atoms with van der Waals surface area (Å²) in [7, 11) is 0. The third-order valence-electron chi connectivity index (χ3n) is 4.06. The minimum Gasteiger partial charge on any atom is -0.481 e. The first-order valence-electron chi connectivity index (χ1n) is 6.20. The Balaban J connectivity index is 1.54. The second kappa shape index (κ2) is 3.84. The highest BCUT2D eigenvalue weighted by Crippen LogP contribution is 2.47. The monoisotopic (exact) mass is 231 g/mol. The molecule has 0 spiro atoms. The Morgan fingerprint density at radius 1 is 1.29 bits per heavy atom. The number of carboxylic acids is 1. The Morgan fingerprint density at radius 2 is 1.94 bits per heavy atom. The van der Waals surface area contributed by atoms with E-state index in [0.717, 1.165) is 32.5 Å². The molecule has 3 heteroatoms. The predicted octanol–water partition coefficient (Wildman–Crippen LogP) is 1.95. The lowest BCUT2D eigenvalue weighted by atomic mass is 9.90. The van der Waals surface area contributed by atoms with E-state index in [1.165, 1.54) is 5.56 Å². The van der Waals surface area contributed by atoms with Crippen LogP contribution in [0, 0.1) is 5.41 Å². The maximum Gasteiger partial charge on any atom is 0.310 e. The Kier molecular flexibility index (Phi) is 2.44. The van der Waals surface area contributed by atoms with Crippen LogP contribution in [0.25, 0.3) is 0 Å². The van der Waals surface area contributed by atoms with E-state index < -0.39 is 11.4 Å². The number of rotatable bonds is 4. The van der Waals surface area contributed by atoms with E-state index in [-0.39, 0.29) is 0 Å². The van der Waals surface area contributed by atoms with Gasteiger partial charge in [0.2, 0.25) is 0 Å². The second-order valence-corrected chi connectivity index (χ2v) is 5.39. The fraction of sp³-hybridized carbons (Fsp3) is 0.500. The van der Waals surface area contributed by atoms with Crippen LogP contribution in [0.4, 0.5) is 0 Å². The van der Waals surface area contributed by atoms with Gasteiger partial charge in [0.15, 0.2) is 0 Å². The summed E-state index contributed by atoms with van der Waals surface area (Å²) in [6, 6.07) is 10.5. The van der Waals surface area contributed by atoms with Crippen molar-refractivity contribution < 1.29 is 9.90 Å². The molecule has 0 radical (unpaired) electrons. The van der Waals surface area contributed by atoms with Gasteiger partial charge in [-0.2, -0.15) is 0 Å². The molecule has 1 aliphatic heterocycles. The quantitative estimate of drug-likeness (QED) is 0.861. The molecule has 1 saturated carbocycles. The molecule has 0 atom stereocenters.